The predicted octanol–water partition coefficient (Wildman–Crippen LogP) is 4.07. The second-order valence-corrected chi connectivity index (χ2v) is 5.90. The lowest BCUT2D eigenvalue weighted by Gasteiger charge is -2.02. The van der Waals surface area contributed by atoms with E-state index in [9.17, 15) is 0 Å². The molecule has 0 amide bonds. The lowest BCUT2D eigenvalue weighted by Crippen LogP contribution is -1.95. The van der Waals surface area contributed by atoms with Crippen LogP contribution >= 0.6 is 15.9 Å². The van der Waals surface area contributed by atoms with Crippen LogP contribution < -0.4 is 5.73 Å². The Morgan fingerprint density at radius 2 is 1.77 bits per heavy atom. The molecule has 0 spiro atoms. The van der Waals surface area contributed by atoms with Gasteiger partial charge in [-0.1, -0.05) is 5.16 Å². The lowest BCUT2D eigenvalue weighted by molar-refractivity contribution is 0.380. The minimum absolute atomic E-state index is 0.192. The summed E-state index contributed by atoms with van der Waals surface area (Å²) in [4.78, 5) is 4.33. The minimum Gasteiger partial charge on any atom is -0.461 e. The van der Waals surface area contributed by atoms with E-state index in [-0.39, 0.29) is 6.54 Å². The number of fused-ring (bicyclic) bond motifs is 2. The highest BCUT2D eigenvalue weighted by molar-refractivity contribution is 9.10. The predicted molar refractivity (Wildman–Crippen MR) is 84.3 cm³/mol. The third kappa shape index (κ3) is 1.82. The van der Waals surface area contributed by atoms with E-state index in [4.69, 9.17) is 19.1 Å². The summed E-state index contributed by atoms with van der Waals surface area (Å²) < 4.78 is 17.7. The van der Waals surface area contributed by atoms with Crippen molar-refractivity contribution in [1.82, 2.24) is 10.1 Å². The quantitative estimate of drug-likeness (QED) is 0.578. The molecule has 0 saturated carbocycles. The van der Waals surface area contributed by atoms with Crippen LogP contribution in [0, 0.1) is 13.8 Å². The van der Waals surface area contributed by atoms with Gasteiger partial charge in [-0.3, -0.25) is 0 Å². The summed E-state index contributed by atoms with van der Waals surface area (Å²) in [6.07, 6.45) is 0. The van der Waals surface area contributed by atoms with Crippen LogP contribution in [-0.2, 0) is 6.54 Å². The normalized spacial score (nSPS) is 11.8. The number of aryl methyl sites for hydroxylation is 2. The van der Waals surface area contributed by atoms with Crippen molar-refractivity contribution in [3.8, 4) is 11.4 Å². The molecule has 0 atom stereocenters. The van der Waals surface area contributed by atoms with E-state index in [0.29, 0.717) is 17.3 Å². The molecule has 0 bridgehead atoms. The molecule has 3 heterocycles. The lowest BCUT2D eigenvalue weighted by atomic mass is 10.1. The van der Waals surface area contributed by atoms with Crippen LogP contribution in [0.4, 0.5) is 0 Å². The first-order valence-electron chi connectivity index (χ1n) is 6.73. The van der Waals surface area contributed by atoms with E-state index >= 15 is 0 Å². The maximum atomic E-state index is 5.87. The largest absolute Gasteiger partial charge is 0.461 e. The van der Waals surface area contributed by atoms with Gasteiger partial charge in [-0.15, -0.1) is 0 Å². The van der Waals surface area contributed by atoms with Gasteiger partial charge in [0, 0.05) is 10.8 Å². The van der Waals surface area contributed by atoms with Crippen molar-refractivity contribution in [1.29, 1.82) is 0 Å². The topological polar surface area (TPSA) is 91.2 Å². The number of hydrogen-bond donors (Lipinski definition) is 1. The Labute approximate surface area is 133 Å². The van der Waals surface area contributed by atoms with Crippen LogP contribution in [0.5, 0.6) is 0 Å². The zero-order valence-corrected chi connectivity index (χ0v) is 13.5. The Hall–Kier alpha value is -2.12. The van der Waals surface area contributed by atoms with Gasteiger partial charge in [0.1, 0.15) is 22.7 Å². The summed E-state index contributed by atoms with van der Waals surface area (Å²) >= 11 is 3.60. The maximum absolute atomic E-state index is 5.87. The van der Waals surface area contributed by atoms with E-state index in [2.05, 4.69) is 26.1 Å². The van der Waals surface area contributed by atoms with Gasteiger partial charge in [-0.2, -0.15) is 4.98 Å². The number of rotatable bonds is 2. The highest BCUT2D eigenvalue weighted by atomic mass is 79.9. The number of nitrogens with zero attached hydrogens (tertiary/aromatic N) is 2. The van der Waals surface area contributed by atoms with Gasteiger partial charge in [0.05, 0.1) is 16.6 Å². The van der Waals surface area contributed by atoms with E-state index < -0.39 is 0 Å². The molecule has 1 aromatic carbocycles. The summed E-state index contributed by atoms with van der Waals surface area (Å²) in [7, 11) is 0. The molecule has 0 radical (unpaired) electrons. The number of hydrogen-bond acceptors (Lipinski definition) is 6. The third-order valence-electron chi connectivity index (χ3n) is 3.51. The number of halogens is 1. The second kappa shape index (κ2) is 4.69. The Morgan fingerprint density at radius 1 is 1.09 bits per heavy atom. The smallest absolute Gasteiger partial charge is 0.240 e. The average molecular weight is 362 g/mol. The molecule has 3 aromatic heterocycles. The molecule has 112 valence electrons. The van der Waals surface area contributed by atoms with Crippen molar-refractivity contribution >= 4 is 37.9 Å². The molecular formula is C15H12BrN3O3. The molecule has 0 aliphatic rings. The van der Waals surface area contributed by atoms with Gasteiger partial charge < -0.3 is 19.1 Å². The number of nitrogens with two attached hydrogens (primary N) is 1. The van der Waals surface area contributed by atoms with Gasteiger partial charge in [0.15, 0.2) is 0 Å². The zero-order valence-electron chi connectivity index (χ0n) is 11.9. The summed E-state index contributed by atoms with van der Waals surface area (Å²) in [5.74, 6) is 2.41. The molecule has 2 N–H and O–H groups in total. The molecule has 0 unspecified atom stereocenters. The van der Waals surface area contributed by atoms with Gasteiger partial charge in [0.2, 0.25) is 11.7 Å². The molecule has 7 heteroatoms. The van der Waals surface area contributed by atoms with Crippen molar-refractivity contribution in [3.05, 3.63) is 34.0 Å². The summed E-state index contributed by atoms with van der Waals surface area (Å²) in [6.45, 7) is 3.98. The van der Waals surface area contributed by atoms with E-state index in [0.717, 1.165) is 37.9 Å². The SMILES string of the molecule is Cc1cc2c(-c3noc(CN)n3)c3oc(C)cc3c(Br)c2o1. The fourth-order valence-corrected chi connectivity index (χ4v) is 3.22. The van der Waals surface area contributed by atoms with Crippen LogP contribution in [-0.4, -0.2) is 10.1 Å². The van der Waals surface area contributed by atoms with E-state index in [1.54, 1.807) is 0 Å². The van der Waals surface area contributed by atoms with Gasteiger partial charge in [-0.05, 0) is 41.9 Å². The highest BCUT2D eigenvalue weighted by Crippen LogP contribution is 2.43. The fourth-order valence-electron chi connectivity index (χ4n) is 2.63. The molecule has 0 saturated heterocycles. The zero-order chi connectivity index (χ0) is 15.4. The van der Waals surface area contributed by atoms with Crippen molar-refractivity contribution < 1.29 is 13.4 Å². The molecule has 6 nitrogen and oxygen atoms in total. The van der Waals surface area contributed by atoms with Gasteiger partial charge >= 0.3 is 0 Å². The number of furan rings is 2. The molecule has 0 aliphatic heterocycles. The summed E-state index contributed by atoms with van der Waals surface area (Å²) in [5, 5.41) is 5.80. The second-order valence-electron chi connectivity index (χ2n) is 5.10. The molecule has 4 rings (SSSR count). The van der Waals surface area contributed by atoms with Crippen molar-refractivity contribution in [2.75, 3.05) is 0 Å². The molecule has 0 aliphatic carbocycles. The van der Waals surface area contributed by atoms with Crippen LogP contribution in [0.15, 0.2) is 30.0 Å². The van der Waals surface area contributed by atoms with E-state index in [1.165, 1.54) is 0 Å². The molecule has 4 aromatic rings. The van der Waals surface area contributed by atoms with Crippen LogP contribution in [0.2, 0.25) is 0 Å². The van der Waals surface area contributed by atoms with Crippen LogP contribution in [0.3, 0.4) is 0 Å². The molecular weight excluding hydrogens is 350 g/mol. The third-order valence-corrected chi connectivity index (χ3v) is 4.30. The maximum Gasteiger partial charge on any atom is 0.240 e. The Bertz CT molecular complexity index is 954. The Kier molecular flexibility index (Phi) is 2.88. The van der Waals surface area contributed by atoms with Crippen molar-refractivity contribution in [3.63, 3.8) is 0 Å². The molecule has 0 fully saturated rings. The highest BCUT2D eigenvalue weighted by Gasteiger charge is 2.23. The number of benzene rings is 1. The average Bonchev–Trinajstić information content (AvgIpc) is 3.17. The Balaban J connectivity index is 2.18. The van der Waals surface area contributed by atoms with Crippen LogP contribution in [0.25, 0.3) is 33.3 Å². The first-order valence-corrected chi connectivity index (χ1v) is 7.52. The van der Waals surface area contributed by atoms with Gasteiger partial charge in [-0.25, -0.2) is 0 Å². The van der Waals surface area contributed by atoms with Gasteiger partial charge in [0.25, 0.3) is 0 Å². The Morgan fingerprint density at radius 3 is 2.45 bits per heavy atom. The molecule has 22 heavy (non-hydrogen) atoms. The van der Waals surface area contributed by atoms with Crippen molar-refractivity contribution in [2.24, 2.45) is 5.73 Å². The number of aromatic nitrogens is 2. The van der Waals surface area contributed by atoms with E-state index in [1.807, 2.05) is 26.0 Å². The summed E-state index contributed by atoms with van der Waals surface area (Å²) in [5.41, 5.74) is 7.74. The standard InChI is InChI=1S/C15H12BrN3O3/c1-6-3-8-11(15-18-10(5-17)22-19-15)13-9(4-7(2)20-13)12(16)14(8)21-6/h3-4H,5,17H2,1-2H3. The first kappa shape index (κ1) is 13.5. The minimum atomic E-state index is 0.192. The fraction of sp³-hybridized carbons (Fsp3) is 0.200. The van der Waals surface area contributed by atoms with Crippen molar-refractivity contribution in [2.45, 2.75) is 20.4 Å². The van der Waals surface area contributed by atoms with Crippen LogP contribution in [0.1, 0.15) is 17.4 Å². The first-order chi connectivity index (χ1) is 10.6. The summed E-state index contributed by atoms with van der Waals surface area (Å²) in [6, 6.07) is 3.88. The monoisotopic (exact) mass is 361 g/mol.